The van der Waals surface area contributed by atoms with Gasteiger partial charge in [-0.2, -0.15) is 10.2 Å². The van der Waals surface area contributed by atoms with Crippen molar-refractivity contribution in [1.82, 2.24) is 29.1 Å². The second-order valence-corrected chi connectivity index (χ2v) is 11.4. The molecular weight excluding hydrogens is 475 g/mol. The van der Waals surface area contributed by atoms with E-state index >= 15 is 0 Å². The van der Waals surface area contributed by atoms with E-state index in [0.717, 1.165) is 10.3 Å². The molecule has 1 fully saturated rings. The van der Waals surface area contributed by atoms with Crippen LogP contribution in [0.25, 0.3) is 10.9 Å². The molecular formula is C23H25FN6O4S. The average molecular weight is 501 g/mol. The first kappa shape index (κ1) is 23.2. The molecule has 10 nitrogen and oxygen atoms in total. The van der Waals surface area contributed by atoms with Crippen molar-refractivity contribution in [3.63, 3.8) is 0 Å². The molecule has 3 heterocycles. The number of H-pyrrole nitrogens is 1. The van der Waals surface area contributed by atoms with Crippen molar-refractivity contribution in [2.24, 2.45) is 12.5 Å². The van der Waals surface area contributed by atoms with E-state index in [2.05, 4.69) is 15.3 Å². The summed E-state index contributed by atoms with van der Waals surface area (Å²) in [5.41, 5.74) is 0.377. The van der Waals surface area contributed by atoms with Gasteiger partial charge in [-0.15, -0.1) is 0 Å². The van der Waals surface area contributed by atoms with Gasteiger partial charge >= 0.3 is 5.69 Å². The van der Waals surface area contributed by atoms with Crippen molar-refractivity contribution in [2.45, 2.75) is 37.8 Å². The zero-order chi connectivity index (χ0) is 25.0. The molecule has 0 spiro atoms. The Bertz CT molecular complexity index is 1660. The topological polar surface area (TPSA) is 125 Å². The van der Waals surface area contributed by atoms with E-state index in [4.69, 9.17) is 0 Å². The number of halogens is 1. The number of rotatable bonds is 8. The Kier molecular flexibility index (Phi) is 5.50. The van der Waals surface area contributed by atoms with Crippen molar-refractivity contribution in [3.8, 4) is 0 Å². The minimum absolute atomic E-state index is 0.0248. The van der Waals surface area contributed by atoms with Crippen molar-refractivity contribution < 1.29 is 12.8 Å². The average Bonchev–Trinajstić information content (AvgIpc) is 3.26. The number of fused-ring (bicyclic) bond motifs is 1. The van der Waals surface area contributed by atoms with Crippen molar-refractivity contribution >= 4 is 20.7 Å². The van der Waals surface area contributed by atoms with Gasteiger partial charge in [0.05, 0.1) is 53.2 Å². The number of nitrogens with one attached hydrogen (secondary N) is 1. The SMILES string of the molecule is Cc1cc(Cn2c(=O)n(Cc3cnn(C)c3)c(=O)c3cc(S(=O)(=O)CC4(CF)CC4)ccc32)n[nH]1. The number of sulfone groups is 1. The van der Waals surface area contributed by atoms with Gasteiger partial charge < -0.3 is 0 Å². The van der Waals surface area contributed by atoms with Crippen molar-refractivity contribution in [2.75, 3.05) is 12.4 Å². The number of alkyl halides is 1. The Labute approximate surface area is 199 Å². The summed E-state index contributed by atoms with van der Waals surface area (Å²) in [6.07, 6.45) is 4.31. The zero-order valence-corrected chi connectivity index (χ0v) is 20.2. The van der Waals surface area contributed by atoms with Gasteiger partial charge in [0.25, 0.3) is 5.56 Å². The van der Waals surface area contributed by atoms with Crippen LogP contribution in [0.1, 0.15) is 29.8 Å². The molecule has 0 atom stereocenters. The number of benzene rings is 1. The van der Waals surface area contributed by atoms with Crippen LogP contribution >= 0.6 is 0 Å². The van der Waals surface area contributed by atoms with Gasteiger partial charge in [0.2, 0.25) is 0 Å². The minimum atomic E-state index is -3.83. The van der Waals surface area contributed by atoms with Crippen LogP contribution in [0, 0.1) is 12.3 Å². The van der Waals surface area contributed by atoms with Gasteiger partial charge in [-0.1, -0.05) is 0 Å². The normalized spacial score (nSPS) is 15.1. The first-order chi connectivity index (χ1) is 16.6. The molecule has 0 unspecified atom stereocenters. The van der Waals surface area contributed by atoms with Crippen LogP contribution in [0.5, 0.6) is 0 Å². The molecule has 1 aliphatic carbocycles. The van der Waals surface area contributed by atoms with E-state index in [0.29, 0.717) is 29.6 Å². The molecule has 12 heteroatoms. The summed E-state index contributed by atoms with van der Waals surface area (Å²) in [5.74, 6) is -0.307. The quantitative estimate of drug-likeness (QED) is 0.391. The second kappa shape index (κ2) is 8.29. The number of hydrogen-bond acceptors (Lipinski definition) is 6. The van der Waals surface area contributed by atoms with Crippen molar-refractivity contribution in [1.29, 1.82) is 0 Å². The zero-order valence-electron chi connectivity index (χ0n) is 19.4. The predicted molar refractivity (Wildman–Crippen MR) is 127 cm³/mol. The lowest BCUT2D eigenvalue weighted by molar-refractivity contribution is 0.367. The van der Waals surface area contributed by atoms with Crippen LogP contribution in [0.15, 0.2) is 51.1 Å². The van der Waals surface area contributed by atoms with E-state index < -0.39 is 33.2 Å². The standard InChI is InChI=1S/C23H25FN6O4S/c1-15-7-17(27-26-15)12-29-20-4-3-18(35(33,34)14-23(13-24)5-6-23)8-19(20)21(31)30(22(29)32)11-16-9-25-28(2)10-16/h3-4,7-10H,5-6,11-14H2,1-2H3,(H,26,27). The van der Waals surface area contributed by atoms with Crippen LogP contribution < -0.4 is 11.2 Å². The van der Waals surface area contributed by atoms with Crippen LogP contribution in [-0.4, -0.2) is 50.0 Å². The molecule has 35 heavy (non-hydrogen) atoms. The number of aromatic amines is 1. The highest BCUT2D eigenvalue weighted by Gasteiger charge is 2.46. The Balaban J connectivity index is 1.68. The lowest BCUT2D eigenvalue weighted by atomic mass is 10.2. The lowest BCUT2D eigenvalue weighted by Crippen LogP contribution is -2.40. The van der Waals surface area contributed by atoms with Gasteiger partial charge in [-0.05, 0) is 44.0 Å². The summed E-state index contributed by atoms with van der Waals surface area (Å²) in [4.78, 5) is 26.8. The first-order valence-electron chi connectivity index (χ1n) is 11.2. The smallest absolute Gasteiger partial charge is 0.287 e. The predicted octanol–water partition coefficient (Wildman–Crippen LogP) is 1.55. The van der Waals surface area contributed by atoms with E-state index in [1.165, 1.54) is 22.8 Å². The molecule has 0 radical (unpaired) electrons. The largest absolute Gasteiger partial charge is 0.332 e. The summed E-state index contributed by atoms with van der Waals surface area (Å²) in [6, 6.07) is 5.93. The summed E-state index contributed by atoms with van der Waals surface area (Å²) >= 11 is 0. The Morgan fingerprint density at radius 3 is 2.51 bits per heavy atom. The second-order valence-electron chi connectivity index (χ2n) is 9.40. The fourth-order valence-electron chi connectivity index (χ4n) is 4.32. The number of aryl methyl sites for hydroxylation is 2. The van der Waals surface area contributed by atoms with Crippen LogP contribution in [0.2, 0.25) is 0 Å². The third-order valence-electron chi connectivity index (χ3n) is 6.47. The molecule has 3 aromatic heterocycles. The van der Waals surface area contributed by atoms with Crippen molar-refractivity contribution in [3.05, 3.63) is 74.4 Å². The Morgan fingerprint density at radius 2 is 1.91 bits per heavy atom. The molecule has 4 aromatic rings. The maximum absolute atomic E-state index is 13.4. The van der Waals surface area contributed by atoms with Gasteiger partial charge in [0, 0.05) is 29.9 Å². The molecule has 1 N–H and O–H groups in total. The van der Waals surface area contributed by atoms with E-state index in [-0.39, 0.29) is 29.1 Å². The molecule has 1 aromatic carbocycles. The number of hydrogen-bond donors (Lipinski definition) is 1. The fraction of sp³-hybridized carbons (Fsp3) is 0.391. The molecule has 0 bridgehead atoms. The van der Waals surface area contributed by atoms with E-state index in [9.17, 15) is 22.4 Å². The molecule has 184 valence electrons. The lowest BCUT2D eigenvalue weighted by Gasteiger charge is -2.15. The third-order valence-corrected chi connectivity index (χ3v) is 8.43. The van der Waals surface area contributed by atoms with Gasteiger partial charge in [-0.25, -0.2) is 13.2 Å². The highest BCUT2D eigenvalue weighted by molar-refractivity contribution is 7.91. The van der Waals surface area contributed by atoms with E-state index in [1.807, 2.05) is 6.92 Å². The third kappa shape index (κ3) is 4.33. The minimum Gasteiger partial charge on any atom is -0.287 e. The van der Waals surface area contributed by atoms with Crippen LogP contribution in [0.3, 0.4) is 0 Å². The molecule has 0 saturated heterocycles. The number of aromatic nitrogens is 6. The molecule has 0 amide bonds. The Hall–Kier alpha value is -3.54. The summed E-state index contributed by atoms with van der Waals surface area (Å²) in [6.45, 7) is 1.20. The van der Waals surface area contributed by atoms with E-state index in [1.54, 1.807) is 30.2 Å². The molecule has 1 aliphatic rings. The van der Waals surface area contributed by atoms with Crippen LogP contribution in [0.4, 0.5) is 4.39 Å². The highest BCUT2D eigenvalue weighted by Crippen LogP contribution is 2.47. The summed E-state index contributed by atoms with van der Waals surface area (Å²) in [7, 11) is -2.10. The fourth-order valence-corrected chi connectivity index (χ4v) is 6.23. The maximum Gasteiger partial charge on any atom is 0.332 e. The first-order valence-corrected chi connectivity index (χ1v) is 12.8. The molecule has 5 rings (SSSR count). The van der Waals surface area contributed by atoms with Gasteiger partial charge in [-0.3, -0.25) is 28.1 Å². The van der Waals surface area contributed by atoms with Gasteiger partial charge in [0.15, 0.2) is 9.84 Å². The monoisotopic (exact) mass is 500 g/mol. The number of nitrogens with zero attached hydrogens (tertiary/aromatic N) is 5. The van der Waals surface area contributed by atoms with Gasteiger partial charge in [0.1, 0.15) is 0 Å². The van der Waals surface area contributed by atoms with Crippen LogP contribution in [-0.2, 0) is 30.0 Å². The molecule has 0 aliphatic heterocycles. The Morgan fingerprint density at radius 1 is 1.14 bits per heavy atom. The summed E-state index contributed by atoms with van der Waals surface area (Å²) < 4.78 is 43.5. The maximum atomic E-state index is 13.4. The summed E-state index contributed by atoms with van der Waals surface area (Å²) in [5, 5.41) is 11.2. The molecule has 1 saturated carbocycles. The highest BCUT2D eigenvalue weighted by atomic mass is 32.2.